The Bertz CT molecular complexity index is 686. The highest BCUT2D eigenvalue weighted by atomic mass is 35.5. The maximum Gasteiger partial charge on any atom is 0.166 e. The second-order valence-corrected chi connectivity index (χ2v) is 6.50. The summed E-state index contributed by atoms with van der Waals surface area (Å²) in [4.78, 5) is 0. The van der Waals surface area contributed by atoms with Crippen LogP contribution in [0.2, 0.25) is 5.02 Å². The van der Waals surface area contributed by atoms with Crippen molar-refractivity contribution in [2.24, 2.45) is 0 Å². The molecule has 1 aliphatic rings. The Hall–Kier alpha value is -1.75. The normalized spacial score (nSPS) is 16.8. The number of para-hydroxylation sites is 1. The van der Waals surface area contributed by atoms with Crippen molar-refractivity contribution in [2.45, 2.75) is 32.1 Å². The van der Waals surface area contributed by atoms with Gasteiger partial charge in [0.05, 0.1) is 13.2 Å². The average Bonchev–Trinajstić information content (AvgIpc) is 3.15. The highest BCUT2D eigenvalue weighted by Crippen LogP contribution is 2.32. The quantitative estimate of drug-likeness (QED) is 0.765. The number of ether oxygens (including phenoxy) is 3. The third-order valence-corrected chi connectivity index (χ3v) is 4.69. The molecule has 1 heterocycles. The minimum atomic E-state index is 0.318. The number of nitrogens with one attached hydrogen (secondary N) is 1. The SMILES string of the molecule is COc1cccc(CNC[C@H]2CCCO2)c1OCc1ccccc1Cl. The molecule has 0 saturated carbocycles. The van der Waals surface area contributed by atoms with Gasteiger partial charge in [-0.05, 0) is 25.0 Å². The number of hydrogen-bond acceptors (Lipinski definition) is 4. The average molecular weight is 362 g/mol. The van der Waals surface area contributed by atoms with E-state index in [-0.39, 0.29) is 0 Å². The number of methoxy groups -OCH3 is 1. The molecule has 1 fully saturated rings. The van der Waals surface area contributed by atoms with Crippen molar-refractivity contribution in [1.29, 1.82) is 0 Å². The molecule has 0 aliphatic carbocycles. The van der Waals surface area contributed by atoms with E-state index in [0.717, 1.165) is 48.6 Å². The van der Waals surface area contributed by atoms with Crippen molar-refractivity contribution in [1.82, 2.24) is 5.32 Å². The standard InChI is InChI=1S/C20H24ClNO3/c1-23-19-10-4-7-15(12-22-13-17-8-5-11-24-17)20(19)25-14-16-6-2-3-9-18(16)21/h2-4,6-7,9-10,17,22H,5,8,11-14H2,1H3/t17-/m1/s1. The van der Waals surface area contributed by atoms with Gasteiger partial charge >= 0.3 is 0 Å². The molecule has 1 aliphatic heterocycles. The zero-order chi connectivity index (χ0) is 17.5. The van der Waals surface area contributed by atoms with E-state index in [2.05, 4.69) is 5.32 Å². The minimum Gasteiger partial charge on any atom is -0.493 e. The Labute approximate surface area is 154 Å². The first-order valence-corrected chi connectivity index (χ1v) is 9.00. The monoisotopic (exact) mass is 361 g/mol. The zero-order valence-corrected chi connectivity index (χ0v) is 15.2. The summed E-state index contributed by atoms with van der Waals surface area (Å²) in [5, 5.41) is 4.16. The second kappa shape index (κ2) is 9.09. The number of benzene rings is 2. The zero-order valence-electron chi connectivity index (χ0n) is 14.5. The third-order valence-electron chi connectivity index (χ3n) is 4.32. The molecular weight excluding hydrogens is 338 g/mol. The number of halogens is 1. The van der Waals surface area contributed by atoms with Gasteiger partial charge < -0.3 is 19.5 Å². The highest BCUT2D eigenvalue weighted by Gasteiger charge is 2.16. The molecular formula is C20H24ClNO3. The molecule has 4 nitrogen and oxygen atoms in total. The molecule has 0 bridgehead atoms. The largest absolute Gasteiger partial charge is 0.493 e. The Morgan fingerprint density at radius 1 is 1.16 bits per heavy atom. The van der Waals surface area contributed by atoms with Crippen molar-refractivity contribution < 1.29 is 14.2 Å². The van der Waals surface area contributed by atoms with Crippen molar-refractivity contribution in [3.05, 3.63) is 58.6 Å². The molecule has 3 rings (SSSR count). The molecule has 2 aromatic carbocycles. The summed E-state index contributed by atoms with van der Waals surface area (Å²) in [6.07, 6.45) is 2.59. The van der Waals surface area contributed by atoms with Gasteiger partial charge in [0.2, 0.25) is 0 Å². The molecule has 1 atom stereocenters. The van der Waals surface area contributed by atoms with Gasteiger partial charge in [0, 0.05) is 35.8 Å². The van der Waals surface area contributed by atoms with Crippen LogP contribution in [0, 0.1) is 0 Å². The molecule has 0 radical (unpaired) electrons. The first-order valence-electron chi connectivity index (χ1n) is 8.62. The molecule has 0 spiro atoms. The molecule has 134 valence electrons. The van der Waals surface area contributed by atoms with Crippen LogP contribution in [0.25, 0.3) is 0 Å². The molecule has 2 aromatic rings. The number of rotatable bonds is 8. The fourth-order valence-electron chi connectivity index (χ4n) is 2.96. The summed E-state index contributed by atoms with van der Waals surface area (Å²) in [5.41, 5.74) is 2.01. The molecule has 0 aromatic heterocycles. The highest BCUT2D eigenvalue weighted by molar-refractivity contribution is 6.31. The van der Waals surface area contributed by atoms with Gasteiger partial charge in [-0.25, -0.2) is 0 Å². The Balaban J connectivity index is 1.66. The number of hydrogen-bond donors (Lipinski definition) is 1. The summed E-state index contributed by atoms with van der Waals surface area (Å²) in [5.74, 6) is 1.48. The maximum absolute atomic E-state index is 6.22. The van der Waals surface area contributed by atoms with Crippen molar-refractivity contribution in [3.8, 4) is 11.5 Å². The lowest BCUT2D eigenvalue weighted by Crippen LogP contribution is -2.26. The van der Waals surface area contributed by atoms with Crippen LogP contribution in [0.3, 0.4) is 0 Å². The van der Waals surface area contributed by atoms with Gasteiger partial charge in [0.15, 0.2) is 11.5 Å². The lowest BCUT2D eigenvalue weighted by molar-refractivity contribution is 0.110. The molecule has 25 heavy (non-hydrogen) atoms. The predicted molar refractivity (Wildman–Crippen MR) is 99.5 cm³/mol. The van der Waals surface area contributed by atoms with E-state index in [4.69, 9.17) is 25.8 Å². The van der Waals surface area contributed by atoms with E-state index in [1.165, 1.54) is 0 Å². The molecule has 5 heteroatoms. The first kappa shape index (κ1) is 18.1. The summed E-state index contributed by atoms with van der Waals surface area (Å²) in [7, 11) is 1.65. The van der Waals surface area contributed by atoms with Crippen molar-refractivity contribution in [3.63, 3.8) is 0 Å². The van der Waals surface area contributed by atoms with E-state index in [1.54, 1.807) is 7.11 Å². The van der Waals surface area contributed by atoms with Crippen LogP contribution in [0.15, 0.2) is 42.5 Å². The van der Waals surface area contributed by atoms with Crippen LogP contribution in [-0.4, -0.2) is 26.4 Å². The minimum absolute atomic E-state index is 0.318. The first-order chi connectivity index (χ1) is 12.3. The summed E-state index contributed by atoms with van der Waals surface area (Å²) in [6, 6.07) is 13.6. The molecule has 1 saturated heterocycles. The van der Waals surface area contributed by atoms with Crippen molar-refractivity contribution in [2.75, 3.05) is 20.3 Å². The van der Waals surface area contributed by atoms with E-state index in [9.17, 15) is 0 Å². The van der Waals surface area contributed by atoms with Gasteiger partial charge in [-0.15, -0.1) is 0 Å². The van der Waals surface area contributed by atoms with Gasteiger partial charge in [-0.3, -0.25) is 0 Å². The van der Waals surface area contributed by atoms with Gasteiger partial charge in [-0.2, -0.15) is 0 Å². The van der Waals surface area contributed by atoms with E-state index in [0.29, 0.717) is 24.3 Å². The maximum atomic E-state index is 6.22. The Morgan fingerprint density at radius 3 is 2.76 bits per heavy atom. The fraction of sp³-hybridized carbons (Fsp3) is 0.400. The molecule has 0 unspecified atom stereocenters. The lowest BCUT2D eigenvalue weighted by Gasteiger charge is -2.17. The summed E-state index contributed by atoms with van der Waals surface area (Å²) < 4.78 is 17.2. The van der Waals surface area contributed by atoms with Gasteiger partial charge in [-0.1, -0.05) is 41.9 Å². The summed E-state index contributed by atoms with van der Waals surface area (Å²) in [6.45, 7) is 2.83. The fourth-order valence-corrected chi connectivity index (χ4v) is 3.15. The van der Waals surface area contributed by atoms with Crippen LogP contribution in [0.1, 0.15) is 24.0 Å². The Kier molecular flexibility index (Phi) is 6.56. The van der Waals surface area contributed by atoms with Crippen LogP contribution >= 0.6 is 11.6 Å². The lowest BCUT2D eigenvalue weighted by atomic mass is 10.1. The summed E-state index contributed by atoms with van der Waals surface area (Å²) >= 11 is 6.22. The van der Waals surface area contributed by atoms with Crippen LogP contribution in [0.4, 0.5) is 0 Å². The van der Waals surface area contributed by atoms with Crippen molar-refractivity contribution >= 4 is 11.6 Å². The van der Waals surface area contributed by atoms with Crippen LogP contribution < -0.4 is 14.8 Å². The van der Waals surface area contributed by atoms with Gasteiger partial charge in [0.25, 0.3) is 0 Å². The van der Waals surface area contributed by atoms with Crippen LogP contribution in [-0.2, 0) is 17.9 Å². The molecule has 0 amide bonds. The second-order valence-electron chi connectivity index (χ2n) is 6.09. The smallest absolute Gasteiger partial charge is 0.166 e. The van der Waals surface area contributed by atoms with E-state index < -0.39 is 0 Å². The Morgan fingerprint density at radius 2 is 2.00 bits per heavy atom. The predicted octanol–water partition coefficient (Wildman–Crippen LogP) is 4.20. The molecule has 1 N–H and O–H groups in total. The third kappa shape index (κ3) is 4.88. The van der Waals surface area contributed by atoms with Gasteiger partial charge in [0.1, 0.15) is 6.61 Å². The van der Waals surface area contributed by atoms with E-state index >= 15 is 0 Å². The van der Waals surface area contributed by atoms with Crippen LogP contribution in [0.5, 0.6) is 11.5 Å². The van der Waals surface area contributed by atoms with E-state index in [1.807, 2.05) is 42.5 Å². The topological polar surface area (TPSA) is 39.7 Å².